The molecular weight excluding hydrogens is 327 g/mol. The predicted molar refractivity (Wildman–Crippen MR) is 106 cm³/mol. The maximum Gasteiger partial charge on any atom is 0.495 e. The molecule has 26 heavy (non-hydrogen) atoms. The van der Waals surface area contributed by atoms with Crippen LogP contribution in [0.5, 0.6) is 0 Å². The van der Waals surface area contributed by atoms with Gasteiger partial charge in [-0.3, -0.25) is 4.79 Å². The van der Waals surface area contributed by atoms with E-state index in [0.717, 1.165) is 22.2 Å². The van der Waals surface area contributed by atoms with E-state index in [1.807, 2.05) is 69.2 Å². The van der Waals surface area contributed by atoms with Gasteiger partial charge in [0.1, 0.15) is 5.60 Å². The minimum atomic E-state index is -0.489. The molecular formula is C21H33BO4. The normalized spacial score (nSPS) is 20.2. The molecule has 0 aromatic heterocycles. The summed E-state index contributed by atoms with van der Waals surface area (Å²) in [5.41, 5.74) is 2.86. The summed E-state index contributed by atoms with van der Waals surface area (Å²) in [6.45, 7) is 19.8. The molecule has 1 fully saturated rings. The molecule has 2 rings (SSSR count). The summed E-state index contributed by atoms with van der Waals surface area (Å²) in [5, 5.41) is 0. The van der Waals surface area contributed by atoms with Crippen LogP contribution in [0.4, 0.5) is 0 Å². The molecule has 0 aliphatic carbocycles. The molecule has 1 unspecified atom stereocenters. The lowest BCUT2D eigenvalue weighted by Gasteiger charge is -2.32. The molecule has 1 aliphatic heterocycles. The van der Waals surface area contributed by atoms with Gasteiger partial charge in [-0.25, -0.2) is 0 Å². The first-order valence-electron chi connectivity index (χ1n) is 9.34. The number of esters is 1. The maximum absolute atomic E-state index is 12.5. The van der Waals surface area contributed by atoms with Gasteiger partial charge in [0.15, 0.2) is 0 Å². The lowest BCUT2D eigenvalue weighted by molar-refractivity contribution is -0.156. The van der Waals surface area contributed by atoms with Crippen LogP contribution in [0.25, 0.3) is 0 Å². The number of rotatable bonds is 3. The second-order valence-electron chi connectivity index (χ2n) is 9.41. The van der Waals surface area contributed by atoms with E-state index in [9.17, 15) is 4.79 Å². The number of hydrogen-bond donors (Lipinski definition) is 0. The summed E-state index contributed by atoms with van der Waals surface area (Å²) in [6, 6.07) is 4.14. The quantitative estimate of drug-likeness (QED) is 0.603. The van der Waals surface area contributed by atoms with Gasteiger partial charge >= 0.3 is 13.1 Å². The first kappa shape index (κ1) is 21.0. The Labute approximate surface area is 158 Å². The van der Waals surface area contributed by atoms with Crippen molar-refractivity contribution in [2.24, 2.45) is 0 Å². The van der Waals surface area contributed by atoms with E-state index in [1.165, 1.54) is 0 Å². The molecule has 1 aromatic rings. The zero-order chi connectivity index (χ0) is 20.1. The van der Waals surface area contributed by atoms with Crippen molar-refractivity contribution in [2.75, 3.05) is 0 Å². The minimum absolute atomic E-state index is 0.205. The molecule has 0 radical (unpaired) electrons. The van der Waals surface area contributed by atoms with Gasteiger partial charge in [-0.1, -0.05) is 17.7 Å². The maximum atomic E-state index is 12.5. The first-order chi connectivity index (χ1) is 11.6. The van der Waals surface area contributed by atoms with Crippen molar-refractivity contribution in [2.45, 2.75) is 92.0 Å². The predicted octanol–water partition coefficient (Wildman–Crippen LogP) is 4.05. The fraction of sp³-hybridized carbons (Fsp3) is 0.667. The van der Waals surface area contributed by atoms with E-state index in [2.05, 4.69) is 12.1 Å². The van der Waals surface area contributed by atoms with E-state index < -0.39 is 12.7 Å². The lowest BCUT2D eigenvalue weighted by atomic mass is 9.74. The number of benzene rings is 1. The fourth-order valence-corrected chi connectivity index (χ4v) is 3.07. The van der Waals surface area contributed by atoms with Gasteiger partial charge in [-0.2, -0.15) is 0 Å². The average molecular weight is 360 g/mol. The monoisotopic (exact) mass is 360 g/mol. The van der Waals surface area contributed by atoms with Gasteiger partial charge in [-0.15, -0.1) is 0 Å². The lowest BCUT2D eigenvalue weighted by Crippen LogP contribution is -2.41. The molecule has 0 N–H and O–H groups in total. The van der Waals surface area contributed by atoms with Crippen molar-refractivity contribution in [3.8, 4) is 0 Å². The Kier molecular flexibility index (Phi) is 5.39. The summed E-state index contributed by atoms with van der Waals surface area (Å²) >= 11 is 0. The van der Waals surface area contributed by atoms with E-state index in [0.29, 0.717) is 0 Å². The Morgan fingerprint density at radius 3 is 2.00 bits per heavy atom. The summed E-state index contributed by atoms with van der Waals surface area (Å²) in [5.74, 6) is -0.524. The van der Waals surface area contributed by atoms with Crippen LogP contribution in [0.1, 0.15) is 78.0 Å². The average Bonchev–Trinajstić information content (AvgIpc) is 2.66. The number of hydrogen-bond acceptors (Lipinski definition) is 4. The van der Waals surface area contributed by atoms with Crippen molar-refractivity contribution in [3.05, 3.63) is 28.8 Å². The van der Waals surface area contributed by atoms with Gasteiger partial charge in [0.05, 0.1) is 17.1 Å². The van der Waals surface area contributed by atoms with E-state index in [-0.39, 0.29) is 23.1 Å². The highest BCUT2D eigenvalue weighted by Gasteiger charge is 2.52. The highest BCUT2D eigenvalue weighted by Crippen LogP contribution is 2.37. The molecule has 0 amide bonds. The third kappa shape index (κ3) is 4.15. The zero-order valence-electron chi connectivity index (χ0n) is 17.9. The molecule has 1 heterocycles. The molecule has 0 saturated carbocycles. The van der Waals surface area contributed by atoms with Gasteiger partial charge in [0.2, 0.25) is 0 Å². The molecule has 4 nitrogen and oxygen atoms in total. The topological polar surface area (TPSA) is 44.8 Å². The second kappa shape index (κ2) is 6.68. The third-order valence-corrected chi connectivity index (χ3v) is 5.39. The summed E-state index contributed by atoms with van der Waals surface area (Å²) in [4.78, 5) is 12.5. The van der Waals surface area contributed by atoms with E-state index in [4.69, 9.17) is 14.0 Å². The molecule has 5 heteroatoms. The van der Waals surface area contributed by atoms with Gasteiger partial charge in [0, 0.05) is 0 Å². The molecule has 0 spiro atoms. The van der Waals surface area contributed by atoms with Crippen molar-refractivity contribution in [3.63, 3.8) is 0 Å². The smallest absolute Gasteiger partial charge is 0.460 e. The first-order valence-corrected chi connectivity index (χ1v) is 9.34. The second-order valence-corrected chi connectivity index (χ2v) is 9.41. The van der Waals surface area contributed by atoms with Crippen LogP contribution in [-0.2, 0) is 18.8 Å². The minimum Gasteiger partial charge on any atom is -0.460 e. The molecule has 1 saturated heterocycles. The van der Waals surface area contributed by atoms with Crippen LogP contribution >= 0.6 is 0 Å². The number of carbonyl (C=O) groups is 1. The largest absolute Gasteiger partial charge is 0.495 e. The summed E-state index contributed by atoms with van der Waals surface area (Å²) in [6.07, 6.45) is 0. The fourth-order valence-electron chi connectivity index (χ4n) is 3.07. The van der Waals surface area contributed by atoms with Crippen LogP contribution in [0.2, 0.25) is 0 Å². The Balaban J connectivity index is 2.31. The van der Waals surface area contributed by atoms with Crippen LogP contribution in [0.3, 0.4) is 0 Å². The SMILES string of the molecule is Cc1cc(C(C)C(=O)OC(C)(C)C)c(C)cc1B1OC(C)(C)C(C)(C)O1. The van der Waals surface area contributed by atoms with Crippen LogP contribution in [-0.4, -0.2) is 29.9 Å². The molecule has 144 valence electrons. The van der Waals surface area contributed by atoms with Crippen LogP contribution < -0.4 is 5.46 Å². The number of aryl methyl sites for hydroxylation is 2. The van der Waals surface area contributed by atoms with E-state index >= 15 is 0 Å². The standard InChI is InChI=1S/C21H33BO4/c1-13-12-17(22-25-20(7,8)21(9,10)26-22)14(2)11-16(13)15(3)18(23)24-19(4,5)6/h11-12,15H,1-10H3. The van der Waals surface area contributed by atoms with Crippen LogP contribution in [0.15, 0.2) is 12.1 Å². The number of ether oxygens (including phenoxy) is 1. The van der Waals surface area contributed by atoms with E-state index in [1.54, 1.807) is 0 Å². The van der Waals surface area contributed by atoms with Crippen LogP contribution in [0, 0.1) is 13.8 Å². The Bertz CT molecular complexity index is 685. The Morgan fingerprint density at radius 1 is 1.04 bits per heavy atom. The molecule has 1 aliphatic rings. The van der Waals surface area contributed by atoms with Crippen molar-refractivity contribution < 1.29 is 18.8 Å². The van der Waals surface area contributed by atoms with Crippen molar-refractivity contribution >= 4 is 18.6 Å². The Morgan fingerprint density at radius 2 is 1.54 bits per heavy atom. The van der Waals surface area contributed by atoms with Crippen molar-refractivity contribution in [1.82, 2.24) is 0 Å². The Hall–Kier alpha value is -1.33. The van der Waals surface area contributed by atoms with Gasteiger partial charge < -0.3 is 14.0 Å². The summed E-state index contributed by atoms with van der Waals surface area (Å²) < 4.78 is 17.9. The van der Waals surface area contributed by atoms with Crippen molar-refractivity contribution in [1.29, 1.82) is 0 Å². The summed E-state index contributed by atoms with van der Waals surface area (Å²) in [7, 11) is -0.399. The molecule has 0 bridgehead atoms. The number of carbonyl (C=O) groups excluding carboxylic acids is 1. The molecule has 1 aromatic carbocycles. The highest BCUT2D eigenvalue weighted by molar-refractivity contribution is 6.62. The van der Waals surface area contributed by atoms with Gasteiger partial charge in [-0.05, 0) is 85.8 Å². The van der Waals surface area contributed by atoms with Gasteiger partial charge in [0.25, 0.3) is 0 Å². The molecule has 1 atom stereocenters. The highest BCUT2D eigenvalue weighted by atomic mass is 16.7. The third-order valence-electron chi connectivity index (χ3n) is 5.39. The zero-order valence-corrected chi connectivity index (χ0v) is 17.9.